The van der Waals surface area contributed by atoms with Crippen molar-refractivity contribution < 1.29 is 4.79 Å². The topological polar surface area (TPSA) is 17.1 Å². The van der Waals surface area contributed by atoms with E-state index in [2.05, 4.69) is 26.0 Å². The zero-order valence-electron chi connectivity index (χ0n) is 10.5. The van der Waals surface area contributed by atoms with Crippen LogP contribution in [0.4, 0.5) is 0 Å². The van der Waals surface area contributed by atoms with Crippen LogP contribution < -0.4 is 0 Å². The molecule has 0 aliphatic rings. The summed E-state index contributed by atoms with van der Waals surface area (Å²) in [7, 11) is 0. The zero-order valence-corrected chi connectivity index (χ0v) is 12.1. The minimum absolute atomic E-state index is 0.0825. The van der Waals surface area contributed by atoms with Gasteiger partial charge in [-0.1, -0.05) is 37.6 Å². The van der Waals surface area contributed by atoms with Gasteiger partial charge in [-0.25, -0.2) is 0 Å². The van der Waals surface area contributed by atoms with E-state index in [-0.39, 0.29) is 5.78 Å². The molecule has 0 bridgehead atoms. The molecule has 0 N–H and O–H groups in total. The fourth-order valence-electron chi connectivity index (χ4n) is 1.93. The van der Waals surface area contributed by atoms with Gasteiger partial charge < -0.3 is 0 Å². The van der Waals surface area contributed by atoms with Crippen molar-refractivity contribution in [3.05, 3.63) is 56.2 Å². The molecule has 0 unspecified atom stereocenters. The number of halogens is 1. The lowest BCUT2D eigenvalue weighted by molar-refractivity contribution is 0.104. The van der Waals surface area contributed by atoms with E-state index < -0.39 is 0 Å². The van der Waals surface area contributed by atoms with Crippen LogP contribution in [-0.2, 0) is 12.8 Å². The molecule has 0 radical (unpaired) electrons. The van der Waals surface area contributed by atoms with Gasteiger partial charge in [0.1, 0.15) is 0 Å². The van der Waals surface area contributed by atoms with Crippen molar-refractivity contribution in [2.45, 2.75) is 26.7 Å². The normalized spacial score (nSPS) is 10.6. The number of rotatable bonds is 4. The van der Waals surface area contributed by atoms with E-state index in [0.717, 1.165) is 24.0 Å². The van der Waals surface area contributed by atoms with Gasteiger partial charge in [-0.2, -0.15) is 0 Å². The molecule has 1 aromatic heterocycles. The van der Waals surface area contributed by atoms with E-state index in [1.54, 1.807) is 12.1 Å². The second-order valence-corrected chi connectivity index (χ2v) is 5.85. The van der Waals surface area contributed by atoms with Crippen molar-refractivity contribution in [3.8, 4) is 0 Å². The molecular formula is C15H15ClOS. The molecule has 18 heavy (non-hydrogen) atoms. The highest BCUT2D eigenvalue weighted by molar-refractivity contribution is 7.18. The van der Waals surface area contributed by atoms with E-state index in [9.17, 15) is 4.79 Å². The van der Waals surface area contributed by atoms with Crippen molar-refractivity contribution in [1.82, 2.24) is 0 Å². The van der Waals surface area contributed by atoms with Crippen LogP contribution in [0.5, 0.6) is 0 Å². The maximum Gasteiger partial charge on any atom is 0.203 e. The number of carbonyl (C=O) groups is 1. The molecule has 1 heterocycles. The maximum atomic E-state index is 12.5. The first-order chi connectivity index (χ1) is 8.65. The number of benzene rings is 1. The summed E-state index contributed by atoms with van der Waals surface area (Å²) in [6.45, 7) is 4.16. The molecule has 94 valence electrons. The van der Waals surface area contributed by atoms with Crippen LogP contribution in [0.15, 0.2) is 30.3 Å². The third kappa shape index (κ3) is 2.65. The molecule has 0 fully saturated rings. The molecule has 0 spiro atoms. The van der Waals surface area contributed by atoms with Crippen molar-refractivity contribution in [2.75, 3.05) is 0 Å². The third-order valence-corrected chi connectivity index (χ3v) is 4.23. The van der Waals surface area contributed by atoms with E-state index in [1.165, 1.54) is 16.9 Å². The van der Waals surface area contributed by atoms with Crippen LogP contribution in [0, 0.1) is 0 Å². The van der Waals surface area contributed by atoms with Gasteiger partial charge in [-0.3, -0.25) is 4.79 Å². The summed E-state index contributed by atoms with van der Waals surface area (Å²) < 4.78 is 0.656. The largest absolute Gasteiger partial charge is 0.288 e. The molecular weight excluding hydrogens is 264 g/mol. The fourth-order valence-corrected chi connectivity index (χ4v) is 2.93. The Kier molecular flexibility index (Phi) is 4.20. The van der Waals surface area contributed by atoms with Gasteiger partial charge in [0.15, 0.2) is 0 Å². The summed E-state index contributed by atoms with van der Waals surface area (Å²) in [5.74, 6) is 0.0825. The average molecular weight is 279 g/mol. The van der Waals surface area contributed by atoms with Crippen LogP contribution in [0.2, 0.25) is 4.34 Å². The van der Waals surface area contributed by atoms with Crippen LogP contribution >= 0.6 is 22.9 Å². The first kappa shape index (κ1) is 13.3. The lowest BCUT2D eigenvalue weighted by atomic mass is 9.97. The van der Waals surface area contributed by atoms with Gasteiger partial charge in [0, 0.05) is 5.56 Å². The number of hydrogen-bond acceptors (Lipinski definition) is 2. The first-order valence-electron chi connectivity index (χ1n) is 6.07. The molecule has 1 nitrogen and oxygen atoms in total. The Bertz CT molecular complexity index is 572. The summed E-state index contributed by atoms with van der Waals surface area (Å²) in [5.41, 5.74) is 3.11. The average Bonchev–Trinajstić information content (AvgIpc) is 2.83. The SMILES string of the molecule is CCc1ccc(CC)c(C(=O)c2ccc(Cl)s2)c1. The van der Waals surface area contributed by atoms with Gasteiger partial charge in [-0.05, 0) is 42.2 Å². The highest BCUT2D eigenvalue weighted by Crippen LogP contribution is 2.25. The van der Waals surface area contributed by atoms with Gasteiger partial charge >= 0.3 is 0 Å². The van der Waals surface area contributed by atoms with Crippen molar-refractivity contribution in [1.29, 1.82) is 0 Å². The van der Waals surface area contributed by atoms with Crippen LogP contribution in [0.1, 0.15) is 40.2 Å². The van der Waals surface area contributed by atoms with Crippen molar-refractivity contribution >= 4 is 28.7 Å². The third-order valence-electron chi connectivity index (χ3n) is 3.01. The molecule has 2 aromatic rings. The number of aryl methyl sites for hydroxylation is 2. The lowest BCUT2D eigenvalue weighted by Gasteiger charge is -2.08. The molecule has 0 saturated heterocycles. The summed E-state index contributed by atoms with van der Waals surface area (Å²) in [6.07, 6.45) is 1.81. The maximum absolute atomic E-state index is 12.5. The molecule has 0 aliphatic heterocycles. The Labute approximate surface area is 116 Å². The predicted molar refractivity (Wildman–Crippen MR) is 78.0 cm³/mol. The lowest BCUT2D eigenvalue weighted by Crippen LogP contribution is -2.04. The molecule has 0 amide bonds. The fraction of sp³-hybridized carbons (Fsp3) is 0.267. The summed E-state index contributed by atoms with van der Waals surface area (Å²) in [5, 5.41) is 0. The van der Waals surface area contributed by atoms with E-state index in [4.69, 9.17) is 11.6 Å². The Hall–Kier alpha value is -1.12. The second kappa shape index (κ2) is 5.68. The number of hydrogen-bond donors (Lipinski definition) is 0. The van der Waals surface area contributed by atoms with Gasteiger partial charge in [0.25, 0.3) is 0 Å². The summed E-state index contributed by atoms with van der Waals surface area (Å²) in [6, 6.07) is 9.73. The highest BCUT2D eigenvalue weighted by Gasteiger charge is 2.15. The second-order valence-electron chi connectivity index (χ2n) is 4.13. The quantitative estimate of drug-likeness (QED) is 0.737. The molecule has 1 aromatic carbocycles. The van der Waals surface area contributed by atoms with Crippen LogP contribution in [0.3, 0.4) is 0 Å². The van der Waals surface area contributed by atoms with Crippen LogP contribution in [-0.4, -0.2) is 5.78 Å². The predicted octanol–water partition coefficient (Wildman–Crippen LogP) is 4.76. The molecule has 2 rings (SSSR count). The smallest absolute Gasteiger partial charge is 0.203 e. The Morgan fingerprint density at radius 3 is 2.50 bits per heavy atom. The zero-order chi connectivity index (χ0) is 13.1. The summed E-state index contributed by atoms with van der Waals surface area (Å²) >= 11 is 7.23. The van der Waals surface area contributed by atoms with E-state index >= 15 is 0 Å². The van der Waals surface area contributed by atoms with Gasteiger partial charge in [0.2, 0.25) is 5.78 Å². The molecule has 0 saturated carbocycles. The number of thiophene rings is 1. The molecule has 3 heteroatoms. The first-order valence-corrected chi connectivity index (χ1v) is 7.27. The monoisotopic (exact) mass is 278 g/mol. The van der Waals surface area contributed by atoms with Gasteiger partial charge in [-0.15, -0.1) is 11.3 Å². The van der Waals surface area contributed by atoms with Crippen molar-refractivity contribution in [2.24, 2.45) is 0 Å². The number of carbonyl (C=O) groups excluding carboxylic acids is 1. The minimum atomic E-state index is 0.0825. The van der Waals surface area contributed by atoms with E-state index in [1.807, 2.05) is 6.07 Å². The van der Waals surface area contributed by atoms with Gasteiger partial charge in [0.05, 0.1) is 9.21 Å². The Morgan fingerprint density at radius 1 is 1.17 bits per heavy atom. The Morgan fingerprint density at radius 2 is 1.94 bits per heavy atom. The van der Waals surface area contributed by atoms with E-state index in [0.29, 0.717) is 9.21 Å². The summed E-state index contributed by atoms with van der Waals surface area (Å²) in [4.78, 5) is 13.2. The van der Waals surface area contributed by atoms with Crippen LogP contribution in [0.25, 0.3) is 0 Å². The highest BCUT2D eigenvalue weighted by atomic mass is 35.5. The molecule has 0 atom stereocenters. The molecule has 0 aliphatic carbocycles. The Balaban J connectivity index is 2.45. The minimum Gasteiger partial charge on any atom is -0.288 e. The number of ketones is 1. The van der Waals surface area contributed by atoms with Crippen molar-refractivity contribution in [3.63, 3.8) is 0 Å². The standard InChI is InChI=1S/C15H15ClOS/c1-3-10-5-6-11(4-2)12(9-10)15(17)13-7-8-14(16)18-13/h5-9H,3-4H2,1-2H3.